The van der Waals surface area contributed by atoms with Gasteiger partial charge in [0.05, 0.1) is 18.2 Å². The lowest BCUT2D eigenvalue weighted by Crippen LogP contribution is -2.53. The molecule has 3 unspecified atom stereocenters. The van der Waals surface area contributed by atoms with Gasteiger partial charge in [0.2, 0.25) is 0 Å². The lowest BCUT2D eigenvalue weighted by molar-refractivity contribution is -0.0112. The molecule has 0 aromatic carbocycles. The van der Waals surface area contributed by atoms with Gasteiger partial charge in [-0.15, -0.1) is 0 Å². The predicted octanol–water partition coefficient (Wildman–Crippen LogP) is -2.61. The van der Waals surface area contributed by atoms with E-state index in [1.807, 2.05) is 0 Å². The summed E-state index contributed by atoms with van der Waals surface area (Å²) in [4.78, 5) is 0. The van der Waals surface area contributed by atoms with Crippen LogP contribution < -0.4 is 11.1 Å². The Balaban J connectivity index is 2.66. The van der Waals surface area contributed by atoms with Crippen molar-refractivity contribution in [1.29, 1.82) is 0 Å². The average molecular weight is 176 g/mol. The highest BCUT2D eigenvalue weighted by atomic mass is 16.3. The van der Waals surface area contributed by atoms with Gasteiger partial charge in [-0.25, -0.2) is 0 Å². The minimum Gasteiger partial charge on any atom is -0.394 e. The topological polar surface area (TPSA) is 98.7 Å². The molecule has 1 aliphatic heterocycles. The highest BCUT2D eigenvalue weighted by Gasteiger charge is 2.45. The number of aliphatic hydroxyl groups is 3. The molecule has 0 bridgehead atoms. The summed E-state index contributed by atoms with van der Waals surface area (Å²) in [6.07, 6.45) is -1.27. The van der Waals surface area contributed by atoms with Crippen LogP contribution in [0.15, 0.2) is 0 Å². The van der Waals surface area contributed by atoms with Gasteiger partial charge >= 0.3 is 0 Å². The molecule has 0 amide bonds. The van der Waals surface area contributed by atoms with E-state index in [1.54, 1.807) is 0 Å². The minimum atomic E-state index is -0.925. The van der Waals surface area contributed by atoms with Crippen molar-refractivity contribution in [3.8, 4) is 0 Å². The van der Waals surface area contributed by atoms with Gasteiger partial charge in [0.1, 0.15) is 6.10 Å². The van der Waals surface area contributed by atoms with E-state index >= 15 is 0 Å². The van der Waals surface area contributed by atoms with Crippen molar-refractivity contribution in [2.24, 2.45) is 5.73 Å². The van der Waals surface area contributed by atoms with E-state index in [2.05, 4.69) is 5.32 Å². The van der Waals surface area contributed by atoms with Crippen LogP contribution in [0.25, 0.3) is 0 Å². The number of β-amino-alcohol motifs (C(OH)–C–C–N with tert-alkyl or cyclic N) is 1. The van der Waals surface area contributed by atoms with Gasteiger partial charge in [0.15, 0.2) is 0 Å². The van der Waals surface area contributed by atoms with Crippen LogP contribution in [0.2, 0.25) is 0 Å². The fraction of sp³-hybridized carbons (Fsp3) is 1.00. The maximum Gasteiger partial charge on any atom is 0.102 e. The third-order valence-electron chi connectivity index (χ3n) is 2.47. The van der Waals surface area contributed by atoms with Crippen LogP contribution in [0.1, 0.15) is 6.42 Å². The van der Waals surface area contributed by atoms with Crippen molar-refractivity contribution >= 4 is 0 Å². The Kier molecular flexibility index (Phi) is 3.03. The molecule has 0 spiro atoms. The summed E-state index contributed by atoms with van der Waals surface area (Å²) in [7, 11) is 0. The Hall–Kier alpha value is -0.200. The minimum absolute atomic E-state index is 0.206. The number of hydrogen-bond donors (Lipinski definition) is 5. The molecule has 1 rings (SSSR count). The molecule has 0 saturated carbocycles. The third kappa shape index (κ3) is 1.46. The van der Waals surface area contributed by atoms with Crippen molar-refractivity contribution < 1.29 is 15.3 Å². The van der Waals surface area contributed by atoms with E-state index in [1.165, 1.54) is 0 Å². The molecule has 6 N–H and O–H groups in total. The van der Waals surface area contributed by atoms with Crippen molar-refractivity contribution in [3.63, 3.8) is 0 Å². The first kappa shape index (κ1) is 9.88. The van der Waals surface area contributed by atoms with Crippen molar-refractivity contribution in [3.05, 3.63) is 0 Å². The highest BCUT2D eigenvalue weighted by Crippen LogP contribution is 2.22. The Labute approximate surface area is 71.2 Å². The first-order valence-corrected chi connectivity index (χ1v) is 4.08. The largest absolute Gasteiger partial charge is 0.394 e. The molecule has 0 aromatic heterocycles. The summed E-state index contributed by atoms with van der Waals surface area (Å²) < 4.78 is 0. The number of nitrogens with one attached hydrogen (secondary N) is 1. The molecule has 0 aliphatic carbocycles. The second-order valence-corrected chi connectivity index (χ2v) is 3.25. The predicted molar refractivity (Wildman–Crippen MR) is 43.5 cm³/mol. The zero-order valence-electron chi connectivity index (χ0n) is 6.90. The Morgan fingerprint density at radius 2 is 2.17 bits per heavy atom. The summed E-state index contributed by atoms with van der Waals surface area (Å²) in [5.74, 6) is 0. The molecule has 5 heteroatoms. The SMILES string of the molecule is NCCC1(CO)NCC(O)C1O. The fourth-order valence-corrected chi connectivity index (χ4v) is 1.61. The summed E-state index contributed by atoms with van der Waals surface area (Å²) in [6, 6.07) is 0. The number of hydrogen-bond acceptors (Lipinski definition) is 5. The lowest BCUT2D eigenvalue weighted by atomic mass is 9.91. The lowest BCUT2D eigenvalue weighted by Gasteiger charge is -2.30. The average Bonchev–Trinajstić information content (AvgIpc) is 2.35. The summed E-state index contributed by atoms with van der Waals surface area (Å²) in [5.41, 5.74) is 4.54. The molecular formula is C7H16N2O3. The van der Waals surface area contributed by atoms with Gasteiger partial charge in [-0.05, 0) is 13.0 Å². The van der Waals surface area contributed by atoms with Crippen LogP contribution in [0.5, 0.6) is 0 Å². The van der Waals surface area contributed by atoms with Crippen LogP contribution in [0, 0.1) is 0 Å². The molecule has 12 heavy (non-hydrogen) atoms. The third-order valence-corrected chi connectivity index (χ3v) is 2.47. The molecule has 0 radical (unpaired) electrons. The number of rotatable bonds is 3. The first-order valence-electron chi connectivity index (χ1n) is 4.08. The van der Waals surface area contributed by atoms with E-state index in [4.69, 9.17) is 10.8 Å². The van der Waals surface area contributed by atoms with Gasteiger partial charge < -0.3 is 26.4 Å². The van der Waals surface area contributed by atoms with Crippen LogP contribution in [-0.2, 0) is 0 Å². The van der Waals surface area contributed by atoms with Crippen LogP contribution in [0.3, 0.4) is 0 Å². The Morgan fingerprint density at radius 3 is 2.50 bits per heavy atom. The highest BCUT2D eigenvalue weighted by molar-refractivity contribution is 5.04. The second-order valence-electron chi connectivity index (χ2n) is 3.25. The van der Waals surface area contributed by atoms with E-state index < -0.39 is 17.7 Å². The quantitative estimate of drug-likeness (QED) is 0.324. The van der Waals surface area contributed by atoms with Crippen molar-refractivity contribution in [1.82, 2.24) is 5.32 Å². The standard InChI is InChI=1S/C7H16N2O3/c8-2-1-7(4-10)6(12)5(11)3-9-7/h5-6,9-12H,1-4,8H2. The summed E-state index contributed by atoms with van der Waals surface area (Å²) in [6.45, 7) is 0.474. The van der Waals surface area contributed by atoms with Crippen LogP contribution in [-0.4, -0.2) is 52.8 Å². The second kappa shape index (κ2) is 3.68. The van der Waals surface area contributed by atoms with Gasteiger partial charge in [-0.1, -0.05) is 0 Å². The Bertz CT molecular complexity index is 152. The maximum absolute atomic E-state index is 9.51. The Morgan fingerprint density at radius 1 is 1.50 bits per heavy atom. The van der Waals surface area contributed by atoms with Crippen LogP contribution >= 0.6 is 0 Å². The smallest absolute Gasteiger partial charge is 0.102 e. The van der Waals surface area contributed by atoms with Gasteiger partial charge in [-0.3, -0.25) is 0 Å². The zero-order chi connectivity index (χ0) is 9.19. The molecule has 1 aliphatic rings. The van der Waals surface area contributed by atoms with Gasteiger partial charge in [0.25, 0.3) is 0 Å². The monoisotopic (exact) mass is 176 g/mol. The molecule has 0 aromatic rings. The van der Waals surface area contributed by atoms with Crippen molar-refractivity contribution in [2.75, 3.05) is 19.7 Å². The van der Waals surface area contributed by atoms with Crippen LogP contribution in [0.4, 0.5) is 0 Å². The molecular weight excluding hydrogens is 160 g/mol. The molecule has 3 atom stereocenters. The maximum atomic E-state index is 9.51. The van der Waals surface area contributed by atoms with Gasteiger partial charge in [-0.2, -0.15) is 0 Å². The molecule has 5 nitrogen and oxygen atoms in total. The van der Waals surface area contributed by atoms with E-state index in [-0.39, 0.29) is 6.61 Å². The van der Waals surface area contributed by atoms with E-state index in [0.717, 1.165) is 0 Å². The fourth-order valence-electron chi connectivity index (χ4n) is 1.61. The number of aliphatic hydroxyl groups excluding tert-OH is 3. The summed E-state index contributed by atoms with van der Waals surface area (Å²) >= 11 is 0. The normalized spacial score (nSPS) is 42.0. The molecule has 1 saturated heterocycles. The van der Waals surface area contributed by atoms with Gasteiger partial charge in [0, 0.05) is 6.54 Å². The molecule has 1 fully saturated rings. The van der Waals surface area contributed by atoms with E-state index in [0.29, 0.717) is 19.5 Å². The molecule has 1 heterocycles. The summed E-state index contributed by atoms with van der Waals surface area (Å²) in [5, 5.41) is 30.7. The molecule has 72 valence electrons. The first-order chi connectivity index (χ1) is 5.66. The zero-order valence-corrected chi connectivity index (χ0v) is 6.90. The number of nitrogens with two attached hydrogens (primary N) is 1. The van der Waals surface area contributed by atoms with Crippen molar-refractivity contribution in [2.45, 2.75) is 24.2 Å². The van der Waals surface area contributed by atoms with E-state index in [9.17, 15) is 10.2 Å².